The Morgan fingerprint density at radius 1 is 1.42 bits per heavy atom. The van der Waals surface area contributed by atoms with Crippen LogP contribution in [0.3, 0.4) is 0 Å². The van der Waals surface area contributed by atoms with E-state index in [4.69, 9.17) is 0 Å². The lowest BCUT2D eigenvalue weighted by molar-refractivity contribution is 0.0923. The van der Waals surface area contributed by atoms with Crippen LogP contribution in [-0.4, -0.2) is 28.7 Å². The first-order valence-electron chi connectivity index (χ1n) is 7.30. The number of amides is 1. The van der Waals surface area contributed by atoms with E-state index in [1.807, 2.05) is 18.3 Å². The molecule has 0 aliphatic heterocycles. The predicted molar refractivity (Wildman–Crippen MR) is 73.0 cm³/mol. The van der Waals surface area contributed by atoms with Gasteiger partial charge in [0.15, 0.2) is 0 Å². The second-order valence-electron chi connectivity index (χ2n) is 6.08. The molecule has 0 bridgehead atoms. The number of nitrogens with one attached hydrogen (secondary N) is 1. The van der Waals surface area contributed by atoms with E-state index >= 15 is 0 Å². The zero-order chi connectivity index (χ0) is 13.3. The summed E-state index contributed by atoms with van der Waals surface area (Å²) in [5, 5.41) is 12.3. The van der Waals surface area contributed by atoms with E-state index in [1.54, 1.807) is 0 Å². The molecule has 0 spiro atoms. The van der Waals surface area contributed by atoms with Crippen LogP contribution in [0.4, 0.5) is 0 Å². The van der Waals surface area contributed by atoms with E-state index in [1.165, 1.54) is 25.7 Å². The minimum absolute atomic E-state index is 0.00313. The highest BCUT2D eigenvalue weighted by Crippen LogP contribution is 2.44. The van der Waals surface area contributed by atoms with Crippen LogP contribution in [-0.2, 0) is 0 Å². The summed E-state index contributed by atoms with van der Waals surface area (Å²) in [6.45, 7) is 0.773. The lowest BCUT2D eigenvalue weighted by Crippen LogP contribution is -2.33. The lowest BCUT2D eigenvalue weighted by atomic mass is 10.1. The van der Waals surface area contributed by atoms with Crippen LogP contribution in [0.1, 0.15) is 55.1 Å². The molecule has 0 saturated heterocycles. The Bertz CT molecular complexity index is 456. The summed E-state index contributed by atoms with van der Waals surface area (Å²) in [4.78, 5) is 12.3. The van der Waals surface area contributed by atoms with Gasteiger partial charge in [0.25, 0.3) is 5.91 Å². The Labute approximate surface area is 113 Å². The molecule has 19 heavy (non-hydrogen) atoms. The first kappa shape index (κ1) is 12.7. The molecule has 104 valence electrons. The van der Waals surface area contributed by atoms with Crippen LogP contribution in [0.5, 0.6) is 0 Å². The summed E-state index contributed by atoms with van der Waals surface area (Å²) in [6.07, 6.45) is 8.94. The molecule has 2 N–H and O–H groups in total. The van der Waals surface area contributed by atoms with E-state index in [0.29, 0.717) is 12.6 Å². The molecule has 2 saturated carbocycles. The van der Waals surface area contributed by atoms with Gasteiger partial charge in [-0.25, -0.2) is 0 Å². The predicted octanol–water partition coefficient (Wildman–Crippen LogP) is 2.11. The molecule has 2 aliphatic rings. The quantitative estimate of drug-likeness (QED) is 0.854. The highest BCUT2D eigenvalue weighted by atomic mass is 16.3. The van der Waals surface area contributed by atoms with Gasteiger partial charge in [-0.15, -0.1) is 0 Å². The van der Waals surface area contributed by atoms with Crippen LogP contribution < -0.4 is 5.32 Å². The molecule has 1 aromatic rings. The number of aliphatic hydroxyl groups is 1. The molecule has 1 amide bonds. The van der Waals surface area contributed by atoms with Gasteiger partial charge in [-0.05, 0) is 37.8 Å². The Balaban J connectivity index is 1.64. The van der Waals surface area contributed by atoms with Gasteiger partial charge in [0.2, 0.25) is 0 Å². The van der Waals surface area contributed by atoms with Crippen molar-refractivity contribution in [3.8, 4) is 0 Å². The van der Waals surface area contributed by atoms with Crippen molar-refractivity contribution < 1.29 is 9.90 Å². The van der Waals surface area contributed by atoms with Gasteiger partial charge >= 0.3 is 0 Å². The minimum Gasteiger partial charge on any atom is -0.396 e. The summed E-state index contributed by atoms with van der Waals surface area (Å²) in [7, 11) is 0. The SMILES string of the molecule is O=C(NCC1(CO)CC1)c1cccn1C1CCCC1. The van der Waals surface area contributed by atoms with Crippen LogP contribution in [0.25, 0.3) is 0 Å². The number of aromatic nitrogens is 1. The van der Waals surface area contributed by atoms with Crippen molar-refractivity contribution >= 4 is 5.91 Å². The van der Waals surface area contributed by atoms with Gasteiger partial charge in [-0.1, -0.05) is 12.8 Å². The van der Waals surface area contributed by atoms with E-state index < -0.39 is 0 Å². The molecule has 2 fully saturated rings. The number of aliphatic hydroxyl groups excluding tert-OH is 1. The number of nitrogens with zero attached hydrogens (tertiary/aromatic N) is 1. The fraction of sp³-hybridized carbons (Fsp3) is 0.667. The molecule has 0 aromatic carbocycles. The van der Waals surface area contributed by atoms with Gasteiger partial charge in [0.1, 0.15) is 5.69 Å². The summed E-state index contributed by atoms with van der Waals surface area (Å²) in [5.41, 5.74) is 0.737. The normalized spacial score (nSPS) is 21.5. The molecule has 0 unspecified atom stereocenters. The monoisotopic (exact) mass is 262 g/mol. The summed E-state index contributed by atoms with van der Waals surface area (Å²) < 4.78 is 2.13. The fourth-order valence-corrected chi connectivity index (χ4v) is 3.01. The molecular formula is C15H22N2O2. The van der Waals surface area contributed by atoms with Gasteiger partial charge in [0.05, 0.1) is 6.61 Å². The van der Waals surface area contributed by atoms with Gasteiger partial charge < -0.3 is 15.0 Å². The van der Waals surface area contributed by atoms with Crippen molar-refractivity contribution in [3.05, 3.63) is 24.0 Å². The van der Waals surface area contributed by atoms with Crippen molar-refractivity contribution in [2.75, 3.05) is 13.2 Å². The fourth-order valence-electron chi connectivity index (χ4n) is 3.01. The zero-order valence-corrected chi connectivity index (χ0v) is 11.3. The van der Waals surface area contributed by atoms with Crippen molar-refractivity contribution in [2.24, 2.45) is 5.41 Å². The number of hydrogen-bond donors (Lipinski definition) is 2. The number of rotatable bonds is 5. The minimum atomic E-state index is -0.0273. The molecule has 3 rings (SSSR count). The number of carbonyl (C=O) groups excluding carboxylic acids is 1. The molecule has 2 aliphatic carbocycles. The van der Waals surface area contributed by atoms with Crippen LogP contribution in [0.2, 0.25) is 0 Å². The van der Waals surface area contributed by atoms with Crippen molar-refractivity contribution in [3.63, 3.8) is 0 Å². The average molecular weight is 262 g/mol. The molecular weight excluding hydrogens is 240 g/mol. The topological polar surface area (TPSA) is 54.3 Å². The maximum absolute atomic E-state index is 12.3. The van der Waals surface area contributed by atoms with Crippen LogP contribution >= 0.6 is 0 Å². The molecule has 4 heteroatoms. The molecule has 1 aromatic heterocycles. The first-order valence-corrected chi connectivity index (χ1v) is 7.30. The summed E-state index contributed by atoms with van der Waals surface area (Å²) in [6, 6.07) is 4.33. The molecule has 4 nitrogen and oxygen atoms in total. The first-order chi connectivity index (χ1) is 9.24. The highest BCUT2D eigenvalue weighted by molar-refractivity contribution is 5.92. The Kier molecular flexibility index (Phi) is 3.35. The Morgan fingerprint density at radius 3 is 2.79 bits per heavy atom. The maximum Gasteiger partial charge on any atom is 0.267 e. The summed E-state index contributed by atoms with van der Waals surface area (Å²) >= 11 is 0. The van der Waals surface area contributed by atoms with Crippen molar-refractivity contribution in [1.29, 1.82) is 0 Å². The lowest BCUT2D eigenvalue weighted by Gasteiger charge is -2.17. The number of hydrogen-bond acceptors (Lipinski definition) is 2. The second kappa shape index (κ2) is 5.00. The van der Waals surface area contributed by atoms with E-state index in [0.717, 1.165) is 18.5 Å². The highest BCUT2D eigenvalue weighted by Gasteiger charge is 2.42. The number of carbonyl (C=O) groups is 1. The third-order valence-electron chi connectivity index (χ3n) is 4.65. The summed E-state index contributed by atoms with van der Waals surface area (Å²) in [5.74, 6) is -0.00313. The third kappa shape index (κ3) is 2.54. The molecule has 0 atom stereocenters. The zero-order valence-electron chi connectivity index (χ0n) is 11.3. The Morgan fingerprint density at radius 2 is 2.16 bits per heavy atom. The van der Waals surface area contributed by atoms with E-state index in [-0.39, 0.29) is 17.9 Å². The standard InChI is InChI=1S/C15H22N2O2/c18-11-15(7-8-15)10-16-14(19)13-6-3-9-17(13)12-4-1-2-5-12/h3,6,9,12,18H,1-2,4-5,7-8,10-11H2,(H,16,19). The van der Waals surface area contributed by atoms with Crippen molar-refractivity contribution in [2.45, 2.75) is 44.6 Å². The van der Waals surface area contributed by atoms with Gasteiger partial charge in [0, 0.05) is 24.2 Å². The third-order valence-corrected chi connectivity index (χ3v) is 4.65. The van der Waals surface area contributed by atoms with Gasteiger partial charge in [-0.2, -0.15) is 0 Å². The largest absolute Gasteiger partial charge is 0.396 e. The average Bonchev–Trinajstić information content (AvgIpc) is 2.86. The Hall–Kier alpha value is -1.29. The van der Waals surface area contributed by atoms with Gasteiger partial charge in [-0.3, -0.25) is 4.79 Å². The molecule has 0 radical (unpaired) electrons. The van der Waals surface area contributed by atoms with E-state index in [2.05, 4.69) is 9.88 Å². The molecule has 1 heterocycles. The van der Waals surface area contributed by atoms with Crippen molar-refractivity contribution in [1.82, 2.24) is 9.88 Å². The van der Waals surface area contributed by atoms with Crippen LogP contribution in [0, 0.1) is 5.41 Å². The smallest absolute Gasteiger partial charge is 0.267 e. The van der Waals surface area contributed by atoms with Crippen LogP contribution in [0.15, 0.2) is 18.3 Å². The second-order valence-corrected chi connectivity index (χ2v) is 6.08. The maximum atomic E-state index is 12.3. The van der Waals surface area contributed by atoms with E-state index in [9.17, 15) is 9.90 Å².